The number of hydrogen-bond acceptors (Lipinski definition) is 2. The normalized spacial score (nSPS) is 10.1. The molecule has 1 aromatic carbocycles. The molecule has 1 aromatic rings. The van der Waals surface area contributed by atoms with E-state index in [1.807, 2.05) is 36.4 Å². The highest BCUT2D eigenvalue weighted by Crippen LogP contribution is 2.18. The van der Waals surface area contributed by atoms with Crippen LogP contribution in [0.4, 0.5) is 10.1 Å². The van der Waals surface area contributed by atoms with Crippen molar-refractivity contribution in [2.24, 2.45) is 0 Å². The number of hydrogen-bond donors (Lipinski definition) is 1. The minimum atomic E-state index is -0.269. The van der Waals surface area contributed by atoms with E-state index in [1.54, 1.807) is 11.0 Å². The van der Waals surface area contributed by atoms with Crippen LogP contribution in [-0.2, 0) is 4.79 Å². The summed E-state index contributed by atoms with van der Waals surface area (Å²) in [5.74, 6) is -0.217. The molecule has 0 radical (unpaired) electrons. The van der Waals surface area contributed by atoms with E-state index >= 15 is 0 Å². The van der Waals surface area contributed by atoms with Gasteiger partial charge in [0, 0.05) is 22.3 Å². The van der Waals surface area contributed by atoms with Crippen molar-refractivity contribution in [2.75, 3.05) is 25.0 Å². The number of carbonyl (C=O) groups is 1. The smallest absolute Gasteiger partial charge is 0.241 e. The first-order valence-corrected chi connectivity index (χ1v) is 6.63. The van der Waals surface area contributed by atoms with Gasteiger partial charge in [-0.2, -0.15) is 0 Å². The number of anilines is 1. The molecule has 0 atom stereocenters. The molecule has 0 fully saturated rings. The lowest BCUT2D eigenvalue weighted by Gasteiger charge is -2.19. The maximum atomic E-state index is 12.9. The molecule has 0 heterocycles. The SMILES string of the molecule is CCN(CC)C(=O)CNc1ccc(F)cc1I. The van der Waals surface area contributed by atoms with Gasteiger partial charge in [0.15, 0.2) is 0 Å². The van der Waals surface area contributed by atoms with Crippen molar-refractivity contribution in [3.05, 3.63) is 27.6 Å². The zero-order valence-corrected chi connectivity index (χ0v) is 12.1. The molecule has 0 saturated carbocycles. The summed E-state index contributed by atoms with van der Waals surface area (Å²) in [6.07, 6.45) is 0. The van der Waals surface area contributed by atoms with Crippen LogP contribution in [0.3, 0.4) is 0 Å². The fourth-order valence-corrected chi connectivity index (χ4v) is 2.16. The number of rotatable bonds is 5. The number of amides is 1. The van der Waals surface area contributed by atoms with Crippen LogP contribution >= 0.6 is 22.6 Å². The van der Waals surface area contributed by atoms with Gasteiger partial charge in [-0.15, -0.1) is 0 Å². The van der Waals surface area contributed by atoms with E-state index in [0.717, 1.165) is 9.26 Å². The van der Waals surface area contributed by atoms with Crippen molar-refractivity contribution in [1.29, 1.82) is 0 Å². The quantitative estimate of drug-likeness (QED) is 0.829. The Bertz CT molecular complexity index is 394. The Morgan fingerprint density at radius 1 is 1.41 bits per heavy atom. The Kier molecular flexibility index (Phi) is 5.67. The second-order valence-corrected chi connectivity index (χ2v) is 4.71. The first-order chi connectivity index (χ1) is 8.08. The first kappa shape index (κ1) is 14.2. The highest BCUT2D eigenvalue weighted by Gasteiger charge is 2.09. The molecule has 0 aliphatic carbocycles. The molecule has 1 N–H and O–H groups in total. The van der Waals surface area contributed by atoms with E-state index in [9.17, 15) is 9.18 Å². The molecular formula is C12H16FIN2O. The summed E-state index contributed by atoms with van der Waals surface area (Å²) in [5.41, 5.74) is 0.785. The number of carbonyl (C=O) groups excluding carboxylic acids is 1. The Morgan fingerprint density at radius 2 is 2.06 bits per heavy atom. The number of benzene rings is 1. The second kappa shape index (κ2) is 6.78. The molecule has 1 amide bonds. The van der Waals surface area contributed by atoms with E-state index in [2.05, 4.69) is 5.32 Å². The zero-order chi connectivity index (χ0) is 12.8. The van der Waals surface area contributed by atoms with Gasteiger partial charge in [0.05, 0.1) is 6.54 Å². The van der Waals surface area contributed by atoms with Gasteiger partial charge >= 0.3 is 0 Å². The molecule has 0 aliphatic rings. The molecule has 0 spiro atoms. The molecular weight excluding hydrogens is 334 g/mol. The highest BCUT2D eigenvalue weighted by molar-refractivity contribution is 14.1. The van der Waals surface area contributed by atoms with E-state index in [0.29, 0.717) is 13.1 Å². The van der Waals surface area contributed by atoms with Gasteiger partial charge < -0.3 is 10.2 Å². The third-order valence-corrected chi connectivity index (χ3v) is 3.37. The molecule has 5 heteroatoms. The largest absolute Gasteiger partial charge is 0.375 e. The summed E-state index contributed by atoms with van der Waals surface area (Å²) < 4.78 is 13.6. The van der Waals surface area contributed by atoms with Crippen molar-refractivity contribution in [1.82, 2.24) is 4.90 Å². The standard InChI is InChI=1S/C12H16FIN2O/c1-3-16(4-2)12(17)8-15-11-6-5-9(13)7-10(11)14/h5-7,15H,3-4,8H2,1-2H3. The Balaban J connectivity index is 2.58. The molecule has 1 rings (SSSR count). The van der Waals surface area contributed by atoms with Crippen molar-refractivity contribution >= 4 is 34.2 Å². The molecule has 0 aliphatic heterocycles. The van der Waals surface area contributed by atoms with E-state index in [-0.39, 0.29) is 18.3 Å². The van der Waals surface area contributed by atoms with Crippen molar-refractivity contribution in [3.63, 3.8) is 0 Å². The van der Waals surface area contributed by atoms with Crippen LogP contribution in [0, 0.1) is 9.39 Å². The molecule has 0 bridgehead atoms. The summed E-state index contributed by atoms with van der Waals surface area (Å²) in [6, 6.07) is 4.46. The van der Waals surface area contributed by atoms with Crippen molar-refractivity contribution < 1.29 is 9.18 Å². The van der Waals surface area contributed by atoms with Crippen LogP contribution in [0.2, 0.25) is 0 Å². The predicted octanol–water partition coefficient (Wildman–Crippen LogP) is 2.71. The minimum absolute atomic E-state index is 0.0510. The lowest BCUT2D eigenvalue weighted by Crippen LogP contribution is -2.35. The van der Waals surface area contributed by atoms with Crippen LogP contribution < -0.4 is 5.32 Å². The van der Waals surface area contributed by atoms with E-state index < -0.39 is 0 Å². The predicted molar refractivity (Wildman–Crippen MR) is 75.5 cm³/mol. The van der Waals surface area contributed by atoms with Gasteiger partial charge in [-0.1, -0.05) is 0 Å². The average molecular weight is 350 g/mol. The molecule has 0 aromatic heterocycles. The number of nitrogens with one attached hydrogen (secondary N) is 1. The van der Waals surface area contributed by atoms with Gasteiger partial charge in [0.1, 0.15) is 5.82 Å². The Labute approximate surface area is 115 Å². The fourth-order valence-electron chi connectivity index (χ4n) is 1.49. The van der Waals surface area contributed by atoms with Crippen LogP contribution in [0.15, 0.2) is 18.2 Å². The lowest BCUT2D eigenvalue weighted by molar-refractivity contribution is -0.128. The van der Waals surface area contributed by atoms with Gasteiger partial charge in [-0.05, 0) is 54.6 Å². The average Bonchev–Trinajstić information content (AvgIpc) is 2.29. The Morgan fingerprint density at radius 3 is 2.59 bits per heavy atom. The number of likely N-dealkylation sites (N-methyl/N-ethyl adjacent to an activating group) is 1. The van der Waals surface area contributed by atoms with Crippen LogP contribution in [0.5, 0.6) is 0 Å². The molecule has 94 valence electrons. The molecule has 3 nitrogen and oxygen atoms in total. The summed E-state index contributed by atoms with van der Waals surface area (Å²) >= 11 is 2.04. The summed E-state index contributed by atoms with van der Waals surface area (Å²) in [6.45, 7) is 5.55. The topological polar surface area (TPSA) is 32.3 Å². The zero-order valence-electron chi connectivity index (χ0n) is 9.96. The summed E-state index contributed by atoms with van der Waals surface area (Å²) in [4.78, 5) is 13.5. The maximum absolute atomic E-state index is 12.9. The Hall–Kier alpha value is -0.850. The van der Waals surface area contributed by atoms with Gasteiger partial charge in [0.2, 0.25) is 5.91 Å². The minimum Gasteiger partial charge on any atom is -0.375 e. The molecule has 0 unspecified atom stereocenters. The molecule has 0 saturated heterocycles. The maximum Gasteiger partial charge on any atom is 0.241 e. The van der Waals surface area contributed by atoms with Gasteiger partial charge in [0.25, 0.3) is 0 Å². The van der Waals surface area contributed by atoms with Crippen molar-refractivity contribution in [3.8, 4) is 0 Å². The third-order valence-electron chi connectivity index (χ3n) is 2.48. The number of nitrogens with zero attached hydrogens (tertiary/aromatic N) is 1. The first-order valence-electron chi connectivity index (χ1n) is 5.55. The van der Waals surface area contributed by atoms with Crippen LogP contribution in [-0.4, -0.2) is 30.4 Å². The summed E-state index contributed by atoms with van der Waals surface area (Å²) in [7, 11) is 0. The fraction of sp³-hybridized carbons (Fsp3) is 0.417. The summed E-state index contributed by atoms with van der Waals surface area (Å²) in [5, 5.41) is 3.02. The lowest BCUT2D eigenvalue weighted by atomic mass is 10.3. The van der Waals surface area contributed by atoms with E-state index in [1.165, 1.54) is 12.1 Å². The molecule has 17 heavy (non-hydrogen) atoms. The van der Waals surface area contributed by atoms with Crippen LogP contribution in [0.1, 0.15) is 13.8 Å². The monoisotopic (exact) mass is 350 g/mol. The number of halogens is 2. The van der Waals surface area contributed by atoms with Crippen molar-refractivity contribution in [2.45, 2.75) is 13.8 Å². The van der Waals surface area contributed by atoms with Gasteiger partial charge in [-0.3, -0.25) is 4.79 Å². The third kappa shape index (κ3) is 4.14. The van der Waals surface area contributed by atoms with Gasteiger partial charge in [-0.25, -0.2) is 4.39 Å². The van der Waals surface area contributed by atoms with Crippen LogP contribution in [0.25, 0.3) is 0 Å². The second-order valence-electron chi connectivity index (χ2n) is 3.54. The highest BCUT2D eigenvalue weighted by atomic mass is 127. The van der Waals surface area contributed by atoms with E-state index in [4.69, 9.17) is 0 Å².